The molecule has 3 aliphatic rings. The van der Waals surface area contributed by atoms with Crippen LogP contribution in [0, 0.1) is 22.7 Å². The molecule has 2 fully saturated rings. The second-order valence-corrected chi connectivity index (χ2v) is 4.66. The van der Waals surface area contributed by atoms with Gasteiger partial charge in [0.05, 0.1) is 0 Å². The van der Waals surface area contributed by atoms with Crippen LogP contribution in [0.1, 0.15) is 32.1 Å². The third-order valence-electron chi connectivity index (χ3n) is 4.29. The number of allylic oxidation sites excluding steroid dienone is 2. The van der Waals surface area contributed by atoms with Gasteiger partial charge in [0.1, 0.15) is 0 Å². The van der Waals surface area contributed by atoms with E-state index in [1.807, 2.05) is 0 Å². The molecule has 0 aromatic rings. The standard InChI is InChI=1S/C11H15N/c12-10-8-3-4-9(7-8)11(10)5-1-2-6-11/h1-2,8-9,12H,3-7H2/t8-,9+/m1/s1. The maximum absolute atomic E-state index is 8.14. The van der Waals surface area contributed by atoms with Crippen molar-refractivity contribution < 1.29 is 0 Å². The lowest BCUT2D eigenvalue weighted by Gasteiger charge is -2.34. The number of hydrogen-bond donors (Lipinski definition) is 1. The second kappa shape index (κ2) is 2.01. The molecule has 1 N–H and O–H groups in total. The Kier molecular flexibility index (Phi) is 1.15. The first-order valence-electron chi connectivity index (χ1n) is 5.07. The fourth-order valence-corrected chi connectivity index (χ4v) is 3.60. The van der Waals surface area contributed by atoms with Crippen LogP contribution >= 0.6 is 0 Å². The van der Waals surface area contributed by atoms with E-state index in [0.29, 0.717) is 11.3 Å². The monoisotopic (exact) mass is 161 g/mol. The van der Waals surface area contributed by atoms with E-state index >= 15 is 0 Å². The molecule has 0 unspecified atom stereocenters. The Morgan fingerprint density at radius 2 is 2.00 bits per heavy atom. The van der Waals surface area contributed by atoms with Crippen molar-refractivity contribution in [2.24, 2.45) is 17.3 Å². The van der Waals surface area contributed by atoms with Gasteiger partial charge >= 0.3 is 0 Å². The third kappa shape index (κ3) is 0.596. The quantitative estimate of drug-likeness (QED) is 0.528. The third-order valence-corrected chi connectivity index (χ3v) is 4.29. The zero-order valence-electron chi connectivity index (χ0n) is 7.34. The molecule has 0 saturated heterocycles. The van der Waals surface area contributed by atoms with Gasteiger partial charge < -0.3 is 5.41 Å². The van der Waals surface area contributed by atoms with Gasteiger partial charge in [0, 0.05) is 11.1 Å². The van der Waals surface area contributed by atoms with Crippen molar-refractivity contribution in [2.45, 2.75) is 32.1 Å². The maximum Gasteiger partial charge on any atom is 0.0191 e. The molecule has 0 heterocycles. The van der Waals surface area contributed by atoms with E-state index in [9.17, 15) is 0 Å². The molecule has 0 aromatic heterocycles. The zero-order chi connectivity index (χ0) is 8.18. The first-order chi connectivity index (χ1) is 5.83. The summed E-state index contributed by atoms with van der Waals surface area (Å²) >= 11 is 0. The predicted octanol–water partition coefficient (Wildman–Crippen LogP) is 2.77. The highest BCUT2D eigenvalue weighted by atomic mass is 14.7. The van der Waals surface area contributed by atoms with Gasteiger partial charge in [-0.1, -0.05) is 12.2 Å². The van der Waals surface area contributed by atoms with Gasteiger partial charge in [0.25, 0.3) is 0 Å². The number of nitrogens with one attached hydrogen (secondary N) is 1. The Hall–Kier alpha value is -0.590. The van der Waals surface area contributed by atoms with Crippen molar-refractivity contribution in [3.63, 3.8) is 0 Å². The fraction of sp³-hybridized carbons (Fsp3) is 0.727. The van der Waals surface area contributed by atoms with Crippen molar-refractivity contribution in [1.82, 2.24) is 0 Å². The summed E-state index contributed by atoms with van der Waals surface area (Å²) in [5.74, 6) is 1.54. The van der Waals surface area contributed by atoms with Gasteiger partial charge in [0.15, 0.2) is 0 Å². The Morgan fingerprint density at radius 1 is 1.25 bits per heavy atom. The van der Waals surface area contributed by atoms with Gasteiger partial charge in [-0.25, -0.2) is 0 Å². The average Bonchev–Trinajstić information content (AvgIpc) is 2.75. The molecule has 1 heteroatoms. The number of hydrogen-bond acceptors (Lipinski definition) is 1. The first-order valence-corrected chi connectivity index (χ1v) is 5.07. The average molecular weight is 161 g/mol. The van der Waals surface area contributed by atoms with Gasteiger partial charge in [-0.2, -0.15) is 0 Å². The van der Waals surface area contributed by atoms with Crippen LogP contribution in [-0.2, 0) is 0 Å². The van der Waals surface area contributed by atoms with Crippen molar-refractivity contribution in [3.8, 4) is 0 Å². The van der Waals surface area contributed by atoms with E-state index in [1.54, 1.807) is 0 Å². The summed E-state index contributed by atoms with van der Waals surface area (Å²) in [6.07, 6.45) is 11.0. The van der Waals surface area contributed by atoms with E-state index in [-0.39, 0.29) is 0 Å². The van der Waals surface area contributed by atoms with Gasteiger partial charge in [0.2, 0.25) is 0 Å². The lowest BCUT2D eigenvalue weighted by Crippen LogP contribution is -2.33. The summed E-state index contributed by atoms with van der Waals surface area (Å²) in [7, 11) is 0. The summed E-state index contributed by atoms with van der Waals surface area (Å²) < 4.78 is 0. The largest absolute Gasteiger partial charge is 0.309 e. The van der Waals surface area contributed by atoms with Crippen LogP contribution in [0.5, 0.6) is 0 Å². The highest BCUT2D eigenvalue weighted by molar-refractivity contribution is 5.93. The van der Waals surface area contributed by atoms with Crippen molar-refractivity contribution in [2.75, 3.05) is 0 Å². The van der Waals surface area contributed by atoms with Crippen LogP contribution in [0.3, 0.4) is 0 Å². The van der Waals surface area contributed by atoms with Crippen LogP contribution in [0.25, 0.3) is 0 Å². The highest BCUT2D eigenvalue weighted by Gasteiger charge is 2.54. The van der Waals surface area contributed by atoms with Crippen molar-refractivity contribution >= 4 is 5.71 Å². The molecule has 2 bridgehead atoms. The molecule has 1 nitrogen and oxygen atoms in total. The molecular weight excluding hydrogens is 146 g/mol. The molecule has 12 heavy (non-hydrogen) atoms. The molecular formula is C11H15N. The molecule has 0 radical (unpaired) electrons. The van der Waals surface area contributed by atoms with Crippen molar-refractivity contribution in [1.29, 1.82) is 5.41 Å². The second-order valence-electron chi connectivity index (χ2n) is 4.66. The molecule has 2 atom stereocenters. The minimum absolute atomic E-state index is 0.336. The minimum atomic E-state index is 0.336. The minimum Gasteiger partial charge on any atom is -0.309 e. The zero-order valence-corrected chi connectivity index (χ0v) is 7.34. The normalized spacial score (nSPS) is 41.8. The summed E-state index contributed by atoms with van der Waals surface area (Å²) in [5.41, 5.74) is 1.44. The lowest BCUT2D eigenvalue weighted by molar-refractivity contribution is 0.291. The summed E-state index contributed by atoms with van der Waals surface area (Å²) in [6, 6.07) is 0. The van der Waals surface area contributed by atoms with E-state index in [1.165, 1.54) is 32.1 Å². The van der Waals surface area contributed by atoms with Gasteiger partial charge in [-0.05, 0) is 43.9 Å². The van der Waals surface area contributed by atoms with Crippen LogP contribution in [-0.4, -0.2) is 5.71 Å². The number of rotatable bonds is 0. The maximum atomic E-state index is 8.14. The van der Waals surface area contributed by atoms with E-state index in [2.05, 4.69) is 12.2 Å². The Bertz CT molecular complexity index is 256. The molecule has 0 aliphatic heterocycles. The first kappa shape index (κ1) is 6.88. The Labute approximate surface area is 73.4 Å². The Morgan fingerprint density at radius 3 is 2.58 bits per heavy atom. The summed E-state index contributed by atoms with van der Waals surface area (Å²) in [5, 5.41) is 8.14. The molecule has 3 aliphatic carbocycles. The van der Waals surface area contributed by atoms with E-state index in [4.69, 9.17) is 5.41 Å². The highest BCUT2D eigenvalue weighted by Crippen LogP contribution is 2.58. The smallest absolute Gasteiger partial charge is 0.0191 e. The SMILES string of the molecule is N=C1[C@@H]2CC[C@@H](C2)C12CC=CC2. The molecule has 64 valence electrons. The van der Waals surface area contributed by atoms with E-state index in [0.717, 1.165) is 11.6 Å². The molecule has 0 aromatic carbocycles. The van der Waals surface area contributed by atoms with Crippen LogP contribution in [0.4, 0.5) is 0 Å². The number of fused-ring (bicyclic) bond motifs is 3. The van der Waals surface area contributed by atoms with E-state index < -0.39 is 0 Å². The molecule has 1 spiro atoms. The summed E-state index contributed by atoms with van der Waals surface area (Å²) in [6.45, 7) is 0. The topological polar surface area (TPSA) is 23.9 Å². The predicted molar refractivity (Wildman–Crippen MR) is 49.4 cm³/mol. The molecule has 0 amide bonds. The van der Waals surface area contributed by atoms with Crippen LogP contribution < -0.4 is 0 Å². The van der Waals surface area contributed by atoms with Crippen molar-refractivity contribution in [3.05, 3.63) is 12.2 Å². The lowest BCUT2D eigenvalue weighted by atomic mass is 9.70. The fourth-order valence-electron chi connectivity index (χ4n) is 3.60. The van der Waals surface area contributed by atoms with Gasteiger partial charge in [-0.3, -0.25) is 0 Å². The summed E-state index contributed by atoms with van der Waals surface area (Å²) in [4.78, 5) is 0. The van der Waals surface area contributed by atoms with Crippen LogP contribution in [0.2, 0.25) is 0 Å². The van der Waals surface area contributed by atoms with Crippen LogP contribution in [0.15, 0.2) is 12.2 Å². The molecule has 3 rings (SSSR count). The van der Waals surface area contributed by atoms with Gasteiger partial charge in [-0.15, -0.1) is 0 Å². The Balaban J connectivity index is 2.00. The molecule has 2 saturated carbocycles.